The summed E-state index contributed by atoms with van der Waals surface area (Å²) in [6, 6.07) is 3.83. The number of aryl methyl sites for hydroxylation is 2. The second-order valence-corrected chi connectivity index (χ2v) is 9.03. The average Bonchev–Trinajstić information content (AvgIpc) is 3.53. The lowest BCUT2D eigenvalue weighted by Crippen LogP contribution is -2.30. The molecule has 5 rings (SSSR count). The van der Waals surface area contributed by atoms with Crippen LogP contribution in [0.15, 0.2) is 66.4 Å². The molecule has 0 saturated carbocycles. The Morgan fingerprint density at radius 3 is 2.97 bits per heavy atom. The predicted molar refractivity (Wildman–Crippen MR) is 135 cm³/mol. The number of hydrogen-bond donors (Lipinski definition) is 0. The van der Waals surface area contributed by atoms with E-state index in [9.17, 15) is 10.1 Å². The van der Waals surface area contributed by atoms with Gasteiger partial charge in [-0.15, -0.1) is 0 Å². The van der Waals surface area contributed by atoms with Crippen LogP contribution in [0.5, 0.6) is 5.88 Å². The lowest BCUT2D eigenvalue weighted by molar-refractivity contribution is 0.0742. The fourth-order valence-electron chi connectivity index (χ4n) is 4.67. The molecule has 0 bridgehead atoms. The Kier molecular flexibility index (Phi) is 6.68. The van der Waals surface area contributed by atoms with Gasteiger partial charge in [0, 0.05) is 38.0 Å². The summed E-state index contributed by atoms with van der Waals surface area (Å²) in [6.07, 6.45) is 14.9. The molecule has 10 nitrogen and oxygen atoms in total. The van der Waals surface area contributed by atoms with Gasteiger partial charge in [0.15, 0.2) is 0 Å². The molecule has 37 heavy (non-hydrogen) atoms. The van der Waals surface area contributed by atoms with E-state index in [0.29, 0.717) is 35.7 Å². The van der Waals surface area contributed by atoms with Gasteiger partial charge in [-0.05, 0) is 31.9 Å². The van der Waals surface area contributed by atoms with E-state index in [0.717, 1.165) is 36.3 Å². The van der Waals surface area contributed by atoms with Crippen LogP contribution in [0, 0.1) is 18.3 Å². The van der Waals surface area contributed by atoms with Crippen LogP contribution in [0.1, 0.15) is 40.9 Å². The lowest BCUT2D eigenvalue weighted by atomic mass is 10.0. The minimum Gasteiger partial charge on any atom is -0.488 e. The second-order valence-electron chi connectivity index (χ2n) is 9.03. The van der Waals surface area contributed by atoms with Gasteiger partial charge in [0.05, 0.1) is 43.0 Å². The van der Waals surface area contributed by atoms with Crippen LogP contribution in [0.3, 0.4) is 0 Å². The molecule has 1 amide bonds. The Hall–Kier alpha value is -4.52. The number of carbonyl (C=O) groups is 1. The number of likely N-dealkylation sites (tertiary alicyclic amines) is 1. The van der Waals surface area contributed by atoms with Crippen molar-refractivity contribution in [2.24, 2.45) is 7.05 Å². The molecule has 0 radical (unpaired) electrons. The van der Waals surface area contributed by atoms with Gasteiger partial charge in [0.2, 0.25) is 5.88 Å². The number of aromatic nitrogens is 3. The Morgan fingerprint density at radius 1 is 1.35 bits per heavy atom. The molecule has 0 spiro atoms. The first kappa shape index (κ1) is 24.2. The molecular formula is C27H28N6O4. The Balaban J connectivity index is 1.33. The monoisotopic (exact) mass is 500 g/mol. The molecule has 1 atom stereocenters. The van der Waals surface area contributed by atoms with Crippen molar-refractivity contribution in [2.45, 2.75) is 32.3 Å². The zero-order valence-corrected chi connectivity index (χ0v) is 21.0. The van der Waals surface area contributed by atoms with E-state index in [-0.39, 0.29) is 17.9 Å². The van der Waals surface area contributed by atoms with Gasteiger partial charge in [0.1, 0.15) is 35.5 Å². The van der Waals surface area contributed by atoms with Crippen LogP contribution >= 0.6 is 0 Å². The van der Waals surface area contributed by atoms with Crippen molar-refractivity contribution in [1.82, 2.24) is 19.7 Å². The first-order chi connectivity index (χ1) is 18.0. The van der Waals surface area contributed by atoms with Gasteiger partial charge in [-0.3, -0.25) is 9.48 Å². The number of nitriles is 1. The zero-order valence-electron chi connectivity index (χ0n) is 21.0. The van der Waals surface area contributed by atoms with Crippen molar-refractivity contribution in [3.05, 3.63) is 83.2 Å². The van der Waals surface area contributed by atoms with Crippen LogP contribution in [0.4, 0.5) is 5.69 Å². The highest BCUT2D eigenvalue weighted by Crippen LogP contribution is 2.33. The van der Waals surface area contributed by atoms with Crippen molar-refractivity contribution in [3.63, 3.8) is 0 Å². The summed E-state index contributed by atoms with van der Waals surface area (Å²) in [5, 5.41) is 13.7. The van der Waals surface area contributed by atoms with Gasteiger partial charge in [-0.1, -0.05) is 6.08 Å². The summed E-state index contributed by atoms with van der Waals surface area (Å²) in [5.74, 6) is 1.67. The number of methoxy groups -OCH3 is 1. The molecule has 2 aliphatic heterocycles. The number of anilines is 1. The zero-order chi connectivity index (χ0) is 25.9. The molecule has 2 aromatic heterocycles. The topological polar surface area (TPSA) is 106 Å². The van der Waals surface area contributed by atoms with Crippen LogP contribution in [-0.2, 0) is 16.5 Å². The molecule has 2 aromatic rings. The summed E-state index contributed by atoms with van der Waals surface area (Å²) < 4.78 is 19.1. The third-order valence-corrected chi connectivity index (χ3v) is 6.52. The highest BCUT2D eigenvalue weighted by molar-refractivity contribution is 5.95. The van der Waals surface area contributed by atoms with E-state index in [1.807, 2.05) is 36.0 Å². The molecule has 1 saturated heterocycles. The van der Waals surface area contributed by atoms with E-state index < -0.39 is 0 Å². The maximum atomic E-state index is 13.0. The van der Waals surface area contributed by atoms with Crippen LogP contribution in [0.25, 0.3) is 0 Å². The van der Waals surface area contributed by atoms with Crippen molar-refractivity contribution in [1.29, 1.82) is 5.26 Å². The van der Waals surface area contributed by atoms with E-state index in [2.05, 4.69) is 22.2 Å². The molecule has 0 aromatic carbocycles. The fourth-order valence-corrected chi connectivity index (χ4v) is 4.67. The maximum Gasteiger partial charge on any atom is 0.257 e. The number of nitrogens with zero attached hydrogens (tertiary/aromatic N) is 6. The normalized spacial score (nSPS) is 19.0. The van der Waals surface area contributed by atoms with Crippen molar-refractivity contribution < 1.29 is 19.0 Å². The molecule has 4 heterocycles. The van der Waals surface area contributed by atoms with E-state index in [1.54, 1.807) is 35.6 Å². The van der Waals surface area contributed by atoms with Gasteiger partial charge in [0.25, 0.3) is 5.91 Å². The Bertz CT molecular complexity index is 1380. The highest BCUT2D eigenvalue weighted by Gasteiger charge is 2.31. The number of hydrogen-bond acceptors (Lipinski definition) is 8. The minimum absolute atomic E-state index is 0.0194. The van der Waals surface area contributed by atoms with E-state index in [4.69, 9.17) is 14.2 Å². The van der Waals surface area contributed by atoms with Gasteiger partial charge in [-0.2, -0.15) is 10.4 Å². The Morgan fingerprint density at radius 2 is 2.22 bits per heavy atom. The summed E-state index contributed by atoms with van der Waals surface area (Å²) in [5.41, 5.74) is 3.36. The second kappa shape index (κ2) is 10.2. The summed E-state index contributed by atoms with van der Waals surface area (Å²) in [6.45, 7) is 2.99. The first-order valence-electron chi connectivity index (χ1n) is 12.1. The van der Waals surface area contributed by atoms with Gasteiger partial charge in [-0.25, -0.2) is 4.98 Å². The molecule has 190 valence electrons. The quantitative estimate of drug-likeness (QED) is 0.591. The fraction of sp³-hybridized carbons (Fsp3) is 0.333. The summed E-state index contributed by atoms with van der Waals surface area (Å²) >= 11 is 0. The van der Waals surface area contributed by atoms with Crippen molar-refractivity contribution in [3.8, 4) is 11.9 Å². The smallest absolute Gasteiger partial charge is 0.257 e. The van der Waals surface area contributed by atoms with E-state index in [1.165, 1.54) is 7.11 Å². The number of ether oxygens (including phenoxy) is 3. The summed E-state index contributed by atoms with van der Waals surface area (Å²) in [4.78, 5) is 20.9. The number of allylic oxidation sites excluding steroid dienone is 3. The van der Waals surface area contributed by atoms with Gasteiger partial charge >= 0.3 is 0 Å². The van der Waals surface area contributed by atoms with Gasteiger partial charge < -0.3 is 24.0 Å². The standard InChI is InChI=1S/C27H28N6O4/c1-18-23(16-31(2)30-18)27(34)33-9-8-21(15-33)37-24-7-5-4-6-22(24)25-17-32(10-11-36-25)20-12-19(13-28)26(35-3)29-14-20/h5,7,10-12,14,16-17,21H,4,6,8-9,15H2,1-3H3/t21-/m0/s1. The first-order valence-corrected chi connectivity index (χ1v) is 12.1. The Labute approximate surface area is 215 Å². The average molecular weight is 501 g/mol. The maximum absolute atomic E-state index is 13.0. The van der Waals surface area contributed by atoms with E-state index >= 15 is 0 Å². The SMILES string of the molecule is COc1ncc(N2C=COC(C3=C(O[C@H]4CCN(C(=O)c5cn(C)nc5C)C4)C=CCC3)=C2)cc1C#N. The molecule has 0 unspecified atom stereocenters. The molecular weight excluding hydrogens is 472 g/mol. The molecule has 10 heteroatoms. The molecule has 3 aliphatic rings. The highest BCUT2D eigenvalue weighted by atomic mass is 16.5. The molecule has 1 fully saturated rings. The van der Waals surface area contributed by atoms with Crippen LogP contribution in [0.2, 0.25) is 0 Å². The van der Waals surface area contributed by atoms with Crippen LogP contribution < -0.4 is 9.64 Å². The molecule has 1 aliphatic carbocycles. The van der Waals surface area contributed by atoms with Crippen molar-refractivity contribution >= 4 is 11.6 Å². The summed E-state index contributed by atoms with van der Waals surface area (Å²) in [7, 11) is 3.30. The minimum atomic E-state index is -0.117. The largest absolute Gasteiger partial charge is 0.488 e. The van der Waals surface area contributed by atoms with Crippen molar-refractivity contribution in [2.75, 3.05) is 25.1 Å². The lowest BCUT2D eigenvalue weighted by Gasteiger charge is -2.26. The number of pyridine rings is 1. The predicted octanol–water partition coefficient (Wildman–Crippen LogP) is 3.69. The number of rotatable bonds is 6. The number of amides is 1. The molecule has 0 N–H and O–H groups in total. The third-order valence-electron chi connectivity index (χ3n) is 6.52. The number of carbonyl (C=O) groups excluding carboxylic acids is 1. The third kappa shape index (κ3) is 4.93. The van der Waals surface area contributed by atoms with Crippen LogP contribution in [-0.4, -0.2) is 51.9 Å².